The van der Waals surface area contributed by atoms with Gasteiger partial charge in [-0.15, -0.1) is 0 Å². The minimum Gasteiger partial charge on any atom is -0.300 e. The van der Waals surface area contributed by atoms with Crippen LogP contribution >= 0.6 is 11.3 Å². The lowest BCUT2D eigenvalue weighted by molar-refractivity contribution is 0.205. The zero-order chi connectivity index (χ0) is 19.3. The summed E-state index contributed by atoms with van der Waals surface area (Å²) >= 11 is 1.72. The number of hydrogen-bond donors (Lipinski definition) is 1. The normalized spacial score (nSPS) is 18.8. The van der Waals surface area contributed by atoms with Crippen molar-refractivity contribution in [3.05, 3.63) is 73.9 Å². The average Bonchev–Trinajstić information content (AvgIpc) is 3.13. The Balaban J connectivity index is 1.45. The number of fused-ring (bicyclic) bond motifs is 2. The van der Waals surface area contributed by atoms with Crippen molar-refractivity contribution < 1.29 is 0 Å². The Hall–Kier alpha value is -2.77. The maximum absolute atomic E-state index is 12.2. The van der Waals surface area contributed by atoms with Gasteiger partial charge in [0.05, 0.1) is 0 Å². The highest BCUT2D eigenvalue weighted by molar-refractivity contribution is 7.08. The van der Waals surface area contributed by atoms with Crippen LogP contribution in [0.15, 0.2) is 45.7 Å². The fourth-order valence-corrected chi connectivity index (χ4v) is 4.86. The van der Waals surface area contributed by atoms with E-state index in [0.29, 0.717) is 5.82 Å². The second-order valence-corrected chi connectivity index (χ2v) is 8.16. The zero-order valence-electron chi connectivity index (χ0n) is 15.8. The van der Waals surface area contributed by atoms with Crippen molar-refractivity contribution in [3.63, 3.8) is 0 Å². The first-order valence-corrected chi connectivity index (χ1v) is 10.3. The molecule has 0 aliphatic carbocycles. The summed E-state index contributed by atoms with van der Waals surface area (Å²) in [7, 11) is 0. The zero-order valence-corrected chi connectivity index (χ0v) is 16.7. The van der Waals surface area contributed by atoms with Crippen LogP contribution in [0.1, 0.15) is 29.6 Å². The summed E-state index contributed by atoms with van der Waals surface area (Å²) in [5.41, 5.74) is 10.6. The number of aryl methyl sites for hydroxylation is 1. The van der Waals surface area contributed by atoms with E-state index in [9.17, 15) is 4.79 Å². The Morgan fingerprint density at radius 2 is 2.14 bits per heavy atom. The molecule has 7 heteroatoms. The van der Waals surface area contributed by atoms with Gasteiger partial charge in [-0.3, -0.25) is 20.1 Å². The van der Waals surface area contributed by atoms with E-state index in [1.807, 2.05) is 12.3 Å². The van der Waals surface area contributed by atoms with Crippen molar-refractivity contribution in [2.45, 2.75) is 33.0 Å². The number of thiophene rings is 1. The van der Waals surface area contributed by atoms with Gasteiger partial charge in [0.15, 0.2) is 5.82 Å². The third kappa shape index (κ3) is 2.87. The lowest BCUT2D eigenvalue weighted by Gasteiger charge is -2.38. The molecule has 0 saturated carbocycles. The number of pyridine rings is 1. The fraction of sp³-hybridized carbons (Fsp3) is 0.286. The van der Waals surface area contributed by atoms with Crippen LogP contribution in [0.25, 0.3) is 17.2 Å². The Bertz CT molecular complexity index is 1150. The molecular weight excluding hydrogens is 370 g/mol. The van der Waals surface area contributed by atoms with Gasteiger partial charge in [-0.25, -0.2) is 9.66 Å². The lowest BCUT2D eigenvalue weighted by atomic mass is 9.99. The largest absolute Gasteiger partial charge is 0.300 e. The maximum atomic E-state index is 12.2. The van der Waals surface area contributed by atoms with Crippen molar-refractivity contribution in [1.29, 1.82) is 0 Å². The van der Waals surface area contributed by atoms with E-state index in [1.165, 1.54) is 38.7 Å². The van der Waals surface area contributed by atoms with Crippen LogP contribution in [-0.2, 0) is 13.0 Å². The molecule has 142 valence electrons. The second-order valence-electron chi connectivity index (χ2n) is 7.42. The molecule has 1 N–H and O–H groups in total. The summed E-state index contributed by atoms with van der Waals surface area (Å²) in [5, 5.41) is 4.36. The highest BCUT2D eigenvalue weighted by Crippen LogP contribution is 2.30. The number of hydrogen-bond acceptors (Lipinski definition) is 6. The average molecular weight is 392 g/mol. The molecule has 6 nitrogen and oxygen atoms in total. The van der Waals surface area contributed by atoms with E-state index in [2.05, 4.69) is 46.0 Å². The van der Waals surface area contributed by atoms with E-state index in [1.54, 1.807) is 17.5 Å². The Labute approximate surface area is 167 Å². The molecule has 0 bridgehead atoms. The van der Waals surface area contributed by atoms with Crippen LogP contribution in [0.4, 0.5) is 0 Å². The summed E-state index contributed by atoms with van der Waals surface area (Å²) in [6.45, 7) is 5.91. The van der Waals surface area contributed by atoms with Crippen molar-refractivity contribution >= 4 is 17.4 Å². The first-order chi connectivity index (χ1) is 13.6. The Morgan fingerprint density at radius 3 is 2.96 bits per heavy atom. The third-order valence-corrected chi connectivity index (χ3v) is 6.38. The molecule has 5 rings (SSSR count). The van der Waals surface area contributed by atoms with Gasteiger partial charge in [-0.2, -0.15) is 11.3 Å². The molecule has 1 unspecified atom stereocenters. The van der Waals surface area contributed by atoms with Gasteiger partial charge in [-0.1, -0.05) is 0 Å². The standard InChI is InChI=1S/C21H21N5OS/c1-13-7-19-22-5-3-20(27)26(19)24-21(13)25-6-4-18-16(10-25)8-15(9-23-18)17-12-28-11-14(17)2/h3,5,7-9,11-12,21,24H,4,6,10H2,1-2H3. The summed E-state index contributed by atoms with van der Waals surface area (Å²) < 4.78 is 1.54. The smallest absolute Gasteiger partial charge is 0.272 e. The second kappa shape index (κ2) is 6.68. The molecule has 0 spiro atoms. The van der Waals surface area contributed by atoms with Gasteiger partial charge in [0.1, 0.15) is 6.17 Å². The first kappa shape index (κ1) is 17.3. The van der Waals surface area contributed by atoms with Crippen molar-refractivity contribution in [2.75, 3.05) is 12.0 Å². The SMILES string of the molecule is CC1=Cc2nccc(=O)n2NC1N1CCc2ncc(-c3cscc3C)cc2C1. The van der Waals surface area contributed by atoms with E-state index < -0.39 is 0 Å². The van der Waals surface area contributed by atoms with Crippen LogP contribution < -0.4 is 11.0 Å². The van der Waals surface area contributed by atoms with E-state index in [-0.39, 0.29) is 11.7 Å². The summed E-state index contributed by atoms with van der Waals surface area (Å²) in [6.07, 6.45) is 6.40. The molecule has 0 aromatic carbocycles. The maximum Gasteiger partial charge on any atom is 0.272 e. The minimum absolute atomic E-state index is 0.0333. The topological polar surface area (TPSA) is 63.1 Å². The molecule has 3 aromatic rings. The van der Waals surface area contributed by atoms with Crippen LogP contribution in [0.2, 0.25) is 0 Å². The molecule has 0 saturated heterocycles. The van der Waals surface area contributed by atoms with Crippen LogP contribution in [0.5, 0.6) is 0 Å². The lowest BCUT2D eigenvalue weighted by Crippen LogP contribution is -2.51. The van der Waals surface area contributed by atoms with Gasteiger partial charge in [-0.05, 0) is 59.0 Å². The number of nitrogens with zero attached hydrogens (tertiary/aromatic N) is 4. The van der Waals surface area contributed by atoms with Gasteiger partial charge in [0.2, 0.25) is 0 Å². The molecule has 0 radical (unpaired) electrons. The van der Waals surface area contributed by atoms with Crippen molar-refractivity contribution in [3.8, 4) is 11.1 Å². The molecule has 5 heterocycles. The molecule has 2 aliphatic rings. The quantitative estimate of drug-likeness (QED) is 0.728. The van der Waals surface area contributed by atoms with E-state index >= 15 is 0 Å². The molecule has 2 aliphatic heterocycles. The highest BCUT2D eigenvalue weighted by Gasteiger charge is 2.28. The minimum atomic E-state index is -0.0898. The van der Waals surface area contributed by atoms with Gasteiger partial charge in [0, 0.05) is 49.2 Å². The summed E-state index contributed by atoms with van der Waals surface area (Å²) in [4.78, 5) is 23.6. The summed E-state index contributed by atoms with van der Waals surface area (Å²) in [5.74, 6) is 0.649. The molecule has 1 atom stereocenters. The number of aromatic nitrogens is 3. The predicted octanol–water partition coefficient (Wildman–Crippen LogP) is 3.02. The van der Waals surface area contributed by atoms with Crippen LogP contribution in [-0.4, -0.2) is 32.3 Å². The van der Waals surface area contributed by atoms with Crippen molar-refractivity contribution in [1.82, 2.24) is 19.5 Å². The number of nitrogens with one attached hydrogen (secondary N) is 1. The molecule has 0 amide bonds. The van der Waals surface area contributed by atoms with E-state index in [4.69, 9.17) is 4.98 Å². The van der Waals surface area contributed by atoms with Crippen LogP contribution in [0.3, 0.4) is 0 Å². The molecule has 28 heavy (non-hydrogen) atoms. The molecule has 3 aromatic heterocycles. The van der Waals surface area contributed by atoms with Gasteiger partial charge in [0.25, 0.3) is 5.56 Å². The Kier molecular flexibility index (Phi) is 4.14. The van der Waals surface area contributed by atoms with Crippen molar-refractivity contribution in [2.24, 2.45) is 0 Å². The van der Waals surface area contributed by atoms with Gasteiger partial charge < -0.3 is 0 Å². The fourth-order valence-electron chi connectivity index (χ4n) is 4.00. The number of rotatable bonds is 2. The monoisotopic (exact) mass is 391 g/mol. The Morgan fingerprint density at radius 1 is 1.25 bits per heavy atom. The van der Waals surface area contributed by atoms with E-state index in [0.717, 1.165) is 25.1 Å². The molecular formula is C21H21N5OS. The molecule has 0 fully saturated rings. The summed E-state index contributed by atoms with van der Waals surface area (Å²) in [6, 6.07) is 3.75. The van der Waals surface area contributed by atoms with Gasteiger partial charge >= 0.3 is 0 Å². The predicted molar refractivity (Wildman–Crippen MR) is 112 cm³/mol. The highest BCUT2D eigenvalue weighted by atomic mass is 32.1. The third-order valence-electron chi connectivity index (χ3n) is 5.51. The first-order valence-electron chi connectivity index (χ1n) is 9.38. The van der Waals surface area contributed by atoms with Crippen LogP contribution in [0, 0.1) is 6.92 Å².